The molecule has 0 spiro atoms. The number of alkyl halides is 3. The molecule has 8 heteroatoms. The van der Waals surface area contributed by atoms with Gasteiger partial charge in [-0.2, -0.15) is 8.78 Å². The minimum absolute atomic E-state index is 0.0423. The van der Waals surface area contributed by atoms with Crippen LogP contribution in [0.1, 0.15) is 16.7 Å². The second kappa shape index (κ2) is 7.80. The van der Waals surface area contributed by atoms with Gasteiger partial charge in [-0.1, -0.05) is 36.4 Å². The number of hydrogen-bond donors (Lipinski definition) is 2. The summed E-state index contributed by atoms with van der Waals surface area (Å²) >= 11 is 5.83. The summed E-state index contributed by atoms with van der Waals surface area (Å²) in [7, 11) is 1.61. The summed E-state index contributed by atoms with van der Waals surface area (Å²) in [6.45, 7) is -2.95. The summed E-state index contributed by atoms with van der Waals surface area (Å²) in [6.07, 6.45) is -0.371. The maximum Gasteiger partial charge on any atom is 0.387 e. The van der Waals surface area contributed by atoms with Crippen LogP contribution in [0.25, 0.3) is 0 Å². The molecule has 0 bridgehead atoms. The monoisotopic (exact) mass is 395 g/mol. The molecule has 1 heterocycles. The normalized spacial score (nSPS) is 22.5. The molecule has 1 unspecified atom stereocenters. The van der Waals surface area contributed by atoms with Crippen molar-refractivity contribution in [3.63, 3.8) is 0 Å². The van der Waals surface area contributed by atoms with Gasteiger partial charge in [-0.25, -0.2) is 0 Å². The lowest BCUT2D eigenvalue weighted by molar-refractivity contribution is -0.131. The maximum absolute atomic E-state index is 13.2. The van der Waals surface area contributed by atoms with Crippen LogP contribution < -0.4 is 15.8 Å². The van der Waals surface area contributed by atoms with Crippen molar-refractivity contribution in [1.29, 1.82) is 0 Å². The third-order valence-electron chi connectivity index (χ3n) is 4.70. The first kappa shape index (κ1) is 19.5. The van der Waals surface area contributed by atoms with E-state index in [1.54, 1.807) is 19.2 Å². The molecule has 0 radical (unpaired) electrons. The molecule has 5 nitrogen and oxygen atoms in total. The van der Waals surface area contributed by atoms with Gasteiger partial charge in [0.1, 0.15) is 12.0 Å². The quantitative estimate of drug-likeness (QED) is 0.738. The molecule has 2 aromatic carbocycles. The van der Waals surface area contributed by atoms with Crippen molar-refractivity contribution >= 4 is 17.5 Å². The molecule has 2 atom stereocenters. The van der Waals surface area contributed by atoms with Gasteiger partial charge in [0.2, 0.25) is 0 Å². The van der Waals surface area contributed by atoms with Gasteiger partial charge >= 0.3 is 6.61 Å². The third-order valence-corrected chi connectivity index (χ3v) is 4.89. The van der Waals surface area contributed by atoms with Crippen LogP contribution in [-0.2, 0) is 16.8 Å². The van der Waals surface area contributed by atoms with Gasteiger partial charge in [0.25, 0.3) is 5.91 Å². The van der Waals surface area contributed by atoms with Gasteiger partial charge in [0.05, 0.1) is 0 Å². The molecule has 27 heavy (non-hydrogen) atoms. The van der Waals surface area contributed by atoms with Gasteiger partial charge in [-0.15, -0.1) is 11.6 Å². The Hall–Kier alpha value is -2.22. The van der Waals surface area contributed by atoms with E-state index in [0.29, 0.717) is 23.1 Å². The molecule has 3 rings (SSSR count). The Morgan fingerprint density at radius 2 is 1.96 bits per heavy atom. The zero-order valence-corrected chi connectivity index (χ0v) is 15.4. The molecule has 1 aliphatic heterocycles. The fourth-order valence-corrected chi connectivity index (χ4v) is 3.56. The van der Waals surface area contributed by atoms with E-state index in [9.17, 15) is 13.6 Å². The van der Waals surface area contributed by atoms with E-state index in [4.69, 9.17) is 17.3 Å². The van der Waals surface area contributed by atoms with Crippen molar-refractivity contribution in [2.75, 3.05) is 12.9 Å². The van der Waals surface area contributed by atoms with E-state index in [1.165, 1.54) is 11.0 Å². The highest BCUT2D eigenvalue weighted by atomic mass is 35.5. The summed E-state index contributed by atoms with van der Waals surface area (Å²) in [5.41, 5.74) is 6.62. The van der Waals surface area contributed by atoms with Crippen LogP contribution in [0, 0.1) is 0 Å². The zero-order valence-electron chi connectivity index (χ0n) is 14.7. The Labute approximate surface area is 161 Å². The van der Waals surface area contributed by atoms with Crippen LogP contribution in [0.5, 0.6) is 5.75 Å². The van der Waals surface area contributed by atoms with Gasteiger partial charge < -0.3 is 9.64 Å². The number of carbonyl (C=O) groups excluding carboxylic acids is 1. The maximum atomic E-state index is 13.2. The van der Waals surface area contributed by atoms with Gasteiger partial charge in [-0.3, -0.25) is 15.8 Å². The Kier molecular flexibility index (Phi) is 5.64. The van der Waals surface area contributed by atoms with E-state index in [0.717, 1.165) is 0 Å². The van der Waals surface area contributed by atoms with Crippen molar-refractivity contribution in [3.05, 3.63) is 65.2 Å². The van der Waals surface area contributed by atoms with Crippen LogP contribution in [0.4, 0.5) is 8.78 Å². The van der Waals surface area contributed by atoms with E-state index in [1.807, 2.05) is 30.3 Å². The predicted molar refractivity (Wildman–Crippen MR) is 98.6 cm³/mol. The molecule has 0 aliphatic carbocycles. The molecule has 144 valence electrons. The number of aryl methyl sites for hydroxylation is 1. The van der Waals surface area contributed by atoms with Crippen molar-refractivity contribution in [3.8, 4) is 5.75 Å². The van der Waals surface area contributed by atoms with Crippen LogP contribution in [0.2, 0.25) is 0 Å². The Morgan fingerprint density at radius 3 is 2.52 bits per heavy atom. The summed E-state index contributed by atoms with van der Waals surface area (Å²) in [4.78, 5) is 14.6. The number of nitrogens with zero attached hydrogens (tertiary/aromatic N) is 1. The Morgan fingerprint density at radius 1 is 1.26 bits per heavy atom. The van der Waals surface area contributed by atoms with Crippen LogP contribution >= 0.6 is 11.6 Å². The average molecular weight is 396 g/mol. The van der Waals surface area contributed by atoms with E-state index in [2.05, 4.69) is 10.1 Å². The molecule has 1 fully saturated rings. The molecule has 0 aromatic heterocycles. The molecular formula is C19H20ClF2N3O2. The minimum atomic E-state index is -2.95. The van der Waals surface area contributed by atoms with E-state index in [-0.39, 0.29) is 17.5 Å². The molecule has 0 saturated carbocycles. The number of ether oxygens (including phenoxy) is 1. The average Bonchev–Trinajstić information content (AvgIpc) is 2.89. The van der Waals surface area contributed by atoms with Crippen molar-refractivity contribution in [2.45, 2.75) is 24.9 Å². The first-order valence-corrected chi connectivity index (χ1v) is 8.94. The molecule has 1 aliphatic rings. The highest BCUT2D eigenvalue weighted by Crippen LogP contribution is 2.38. The molecule has 1 saturated heterocycles. The minimum Gasteiger partial charge on any atom is -0.435 e. The lowest BCUT2D eigenvalue weighted by Gasteiger charge is -2.29. The van der Waals surface area contributed by atoms with Gasteiger partial charge in [0, 0.05) is 12.9 Å². The molecular weight excluding hydrogens is 376 g/mol. The fourth-order valence-electron chi connectivity index (χ4n) is 3.36. The number of benzene rings is 2. The van der Waals surface area contributed by atoms with Crippen LogP contribution in [0.15, 0.2) is 48.5 Å². The van der Waals surface area contributed by atoms with Crippen molar-refractivity contribution in [2.24, 2.45) is 5.73 Å². The number of halogens is 3. The molecule has 3 N–H and O–H groups in total. The number of hydrogen-bond acceptors (Lipinski definition) is 4. The SMILES string of the molecule is CN1C(=O)[C@](c2ccccc2)(c2ccc(OC(F)F)c(CCCl)c2)NC1N. The lowest BCUT2D eigenvalue weighted by atomic mass is 9.81. The summed E-state index contributed by atoms with van der Waals surface area (Å²) in [5.74, 6) is 0.0311. The number of carbonyl (C=O) groups is 1. The largest absolute Gasteiger partial charge is 0.435 e. The fraction of sp³-hybridized carbons (Fsp3) is 0.316. The first-order chi connectivity index (χ1) is 12.9. The first-order valence-electron chi connectivity index (χ1n) is 8.40. The van der Waals surface area contributed by atoms with Gasteiger partial charge in [0.15, 0.2) is 5.54 Å². The Bertz CT molecular complexity index is 822. The van der Waals surface area contributed by atoms with Crippen LogP contribution in [-0.4, -0.2) is 36.6 Å². The van der Waals surface area contributed by atoms with E-state index < -0.39 is 18.4 Å². The summed E-state index contributed by atoms with van der Waals surface area (Å²) in [6, 6.07) is 13.8. The highest BCUT2D eigenvalue weighted by molar-refractivity contribution is 6.18. The van der Waals surface area contributed by atoms with Crippen molar-refractivity contribution < 1.29 is 18.3 Å². The highest BCUT2D eigenvalue weighted by Gasteiger charge is 2.51. The lowest BCUT2D eigenvalue weighted by Crippen LogP contribution is -2.48. The molecule has 1 amide bonds. The topological polar surface area (TPSA) is 67.6 Å². The second-order valence-corrected chi connectivity index (χ2v) is 6.64. The second-order valence-electron chi connectivity index (χ2n) is 6.26. The smallest absolute Gasteiger partial charge is 0.387 e. The summed E-state index contributed by atoms with van der Waals surface area (Å²) in [5, 5.41) is 3.16. The zero-order chi connectivity index (χ0) is 19.6. The number of likely N-dealkylation sites (N-methyl/N-ethyl adjacent to an activating group) is 1. The number of nitrogens with one attached hydrogen (secondary N) is 1. The standard InChI is InChI=1S/C19H20ClF2N3O2/c1-25-16(26)19(24-18(25)23,13-5-3-2-4-6-13)14-7-8-15(27-17(21)22)12(11-14)9-10-20/h2-8,11,17-18,24H,9-10,23H2,1H3/t18?,19-/m0/s1. The predicted octanol–water partition coefficient (Wildman–Crippen LogP) is 2.62. The number of nitrogens with two attached hydrogens (primary N) is 1. The number of amides is 1. The molecule has 2 aromatic rings. The van der Waals surface area contributed by atoms with Gasteiger partial charge in [-0.05, 0) is 35.2 Å². The van der Waals surface area contributed by atoms with E-state index >= 15 is 0 Å². The van der Waals surface area contributed by atoms with Crippen LogP contribution in [0.3, 0.4) is 0 Å². The summed E-state index contributed by atoms with van der Waals surface area (Å²) < 4.78 is 30.0. The third kappa shape index (κ3) is 3.50. The van der Waals surface area contributed by atoms with Crippen molar-refractivity contribution in [1.82, 2.24) is 10.2 Å². The number of rotatable bonds is 6. The Balaban J connectivity index is 2.17.